The number of hydrogen-bond acceptors (Lipinski definition) is 5. The Morgan fingerprint density at radius 2 is 1.87 bits per heavy atom. The van der Waals surface area contributed by atoms with Crippen LogP contribution in [0.15, 0.2) is 0 Å². The van der Waals surface area contributed by atoms with Crippen molar-refractivity contribution in [2.75, 3.05) is 19.6 Å². The summed E-state index contributed by atoms with van der Waals surface area (Å²) < 4.78 is 78.3. The molecule has 2 unspecified atom stereocenters. The molecule has 3 rings (SSSR count). The summed E-state index contributed by atoms with van der Waals surface area (Å²) in [7, 11) is 0. The van der Waals surface area contributed by atoms with Crippen molar-refractivity contribution in [1.82, 2.24) is 24.6 Å². The van der Waals surface area contributed by atoms with Gasteiger partial charge in [0.25, 0.3) is 0 Å². The molecule has 0 spiro atoms. The zero-order valence-electron chi connectivity index (χ0n) is 15.7. The lowest BCUT2D eigenvalue weighted by molar-refractivity contribution is -0.189. The van der Waals surface area contributed by atoms with E-state index < -0.39 is 48.5 Å². The van der Waals surface area contributed by atoms with Gasteiger partial charge in [-0.3, -0.25) is 9.59 Å². The van der Waals surface area contributed by atoms with Crippen LogP contribution in [0.4, 0.5) is 26.3 Å². The SMILES string of the molecule is NC(CC(=O)N1CCn2c(nnc2C(F)(F)F)C1)CN1CC(C(F)(F)F)CCC1=O. The smallest absolute Gasteiger partial charge is 0.341 e. The van der Waals surface area contributed by atoms with Crippen molar-refractivity contribution >= 4 is 11.8 Å². The fraction of sp³-hybridized carbons (Fsp3) is 0.750. The van der Waals surface area contributed by atoms with Gasteiger partial charge in [-0.2, -0.15) is 26.3 Å². The van der Waals surface area contributed by atoms with Crippen LogP contribution < -0.4 is 5.73 Å². The maximum Gasteiger partial charge on any atom is 0.451 e. The first-order chi connectivity index (χ1) is 13.9. The molecule has 14 heteroatoms. The number of piperidine rings is 1. The summed E-state index contributed by atoms with van der Waals surface area (Å²) in [5.41, 5.74) is 5.88. The van der Waals surface area contributed by atoms with Gasteiger partial charge in [0.2, 0.25) is 17.6 Å². The second-order valence-electron chi connectivity index (χ2n) is 7.44. The Labute approximate surface area is 167 Å². The van der Waals surface area contributed by atoms with Crippen LogP contribution in [0.2, 0.25) is 0 Å². The molecule has 8 nitrogen and oxygen atoms in total. The van der Waals surface area contributed by atoms with Crippen molar-refractivity contribution in [2.45, 2.75) is 50.7 Å². The van der Waals surface area contributed by atoms with Gasteiger partial charge in [-0.25, -0.2) is 0 Å². The summed E-state index contributed by atoms with van der Waals surface area (Å²) in [6.07, 6.45) is -9.86. The first-order valence-corrected chi connectivity index (χ1v) is 9.23. The molecule has 0 bridgehead atoms. The highest BCUT2D eigenvalue weighted by Crippen LogP contribution is 2.33. The standard InChI is InChI=1S/C16H20F6N6O2/c17-15(18,19)9-1-2-12(29)27(6-9)7-10(23)5-13(30)26-3-4-28-11(8-26)24-25-14(28)16(20,21)22/h9-10H,1-8,23H2. The second-order valence-corrected chi connectivity index (χ2v) is 7.44. The molecule has 0 aromatic carbocycles. The Kier molecular flexibility index (Phi) is 5.98. The molecule has 2 N–H and O–H groups in total. The van der Waals surface area contributed by atoms with Crippen molar-refractivity contribution in [2.24, 2.45) is 11.7 Å². The predicted molar refractivity (Wildman–Crippen MR) is 88.4 cm³/mol. The van der Waals surface area contributed by atoms with E-state index in [1.165, 1.54) is 4.90 Å². The Morgan fingerprint density at radius 1 is 1.17 bits per heavy atom. The number of rotatable bonds is 4. The van der Waals surface area contributed by atoms with E-state index in [4.69, 9.17) is 5.73 Å². The van der Waals surface area contributed by atoms with Gasteiger partial charge in [0.1, 0.15) is 0 Å². The number of aromatic nitrogens is 3. The number of halogens is 6. The van der Waals surface area contributed by atoms with Crippen LogP contribution in [0, 0.1) is 5.92 Å². The van der Waals surface area contributed by atoms with E-state index in [0.29, 0.717) is 0 Å². The first kappa shape index (κ1) is 22.3. The number of hydrogen-bond donors (Lipinski definition) is 1. The number of nitrogens with two attached hydrogens (primary N) is 1. The van der Waals surface area contributed by atoms with Crippen LogP contribution in [0.1, 0.15) is 30.9 Å². The zero-order valence-corrected chi connectivity index (χ0v) is 15.7. The van der Waals surface area contributed by atoms with Crippen LogP contribution in [0.5, 0.6) is 0 Å². The predicted octanol–water partition coefficient (Wildman–Crippen LogP) is 1.16. The van der Waals surface area contributed by atoms with Gasteiger partial charge in [0, 0.05) is 45.1 Å². The summed E-state index contributed by atoms with van der Waals surface area (Å²) in [6, 6.07) is -0.904. The average molecular weight is 442 g/mol. The summed E-state index contributed by atoms with van der Waals surface area (Å²) in [5, 5.41) is 6.60. The third-order valence-corrected chi connectivity index (χ3v) is 5.21. The number of carbonyl (C=O) groups excluding carboxylic acids is 2. The lowest BCUT2D eigenvalue weighted by Crippen LogP contribution is -2.50. The fourth-order valence-electron chi connectivity index (χ4n) is 3.64. The van der Waals surface area contributed by atoms with Gasteiger partial charge in [0.05, 0.1) is 12.5 Å². The maximum atomic E-state index is 12.9. The molecule has 0 aliphatic carbocycles. The molecule has 2 atom stereocenters. The molecule has 1 saturated heterocycles. The van der Waals surface area contributed by atoms with E-state index in [1.54, 1.807) is 0 Å². The second kappa shape index (κ2) is 8.04. The molecule has 0 radical (unpaired) electrons. The third kappa shape index (κ3) is 4.84. The Hall–Kier alpha value is -2.38. The van der Waals surface area contributed by atoms with Crippen molar-refractivity contribution in [1.29, 1.82) is 0 Å². The molecule has 1 aromatic heterocycles. The van der Waals surface area contributed by atoms with E-state index in [2.05, 4.69) is 10.2 Å². The van der Waals surface area contributed by atoms with Gasteiger partial charge >= 0.3 is 12.4 Å². The lowest BCUT2D eigenvalue weighted by Gasteiger charge is -2.35. The minimum Gasteiger partial charge on any atom is -0.341 e. The number of amides is 2. The topological polar surface area (TPSA) is 97.3 Å². The van der Waals surface area contributed by atoms with E-state index in [1.807, 2.05) is 0 Å². The zero-order chi connectivity index (χ0) is 22.3. The normalized spacial score (nSPS) is 21.6. The van der Waals surface area contributed by atoms with Crippen LogP contribution in [0.3, 0.4) is 0 Å². The van der Waals surface area contributed by atoms with Gasteiger partial charge in [-0.1, -0.05) is 0 Å². The molecule has 30 heavy (non-hydrogen) atoms. The molecular weight excluding hydrogens is 422 g/mol. The van der Waals surface area contributed by atoms with Crippen LogP contribution in [0.25, 0.3) is 0 Å². The molecule has 3 heterocycles. The lowest BCUT2D eigenvalue weighted by atomic mass is 9.96. The van der Waals surface area contributed by atoms with Crippen molar-refractivity contribution in [3.05, 3.63) is 11.6 Å². The van der Waals surface area contributed by atoms with Crippen LogP contribution in [-0.4, -0.2) is 68.2 Å². The molecular formula is C16H20F6N6O2. The largest absolute Gasteiger partial charge is 0.451 e. The van der Waals surface area contributed by atoms with Crippen molar-refractivity contribution < 1.29 is 35.9 Å². The summed E-state index contributed by atoms with van der Waals surface area (Å²) in [6.45, 7) is -1.06. The average Bonchev–Trinajstić information content (AvgIpc) is 3.06. The van der Waals surface area contributed by atoms with Gasteiger partial charge < -0.3 is 20.1 Å². The minimum atomic E-state index is -4.66. The Morgan fingerprint density at radius 3 is 2.50 bits per heavy atom. The summed E-state index contributed by atoms with van der Waals surface area (Å²) in [5.74, 6) is -3.72. The third-order valence-electron chi connectivity index (χ3n) is 5.21. The molecule has 2 aliphatic rings. The molecule has 1 fully saturated rings. The van der Waals surface area contributed by atoms with Crippen LogP contribution >= 0.6 is 0 Å². The number of fused-ring (bicyclic) bond motifs is 1. The van der Waals surface area contributed by atoms with E-state index in [-0.39, 0.29) is 51.3 Å². The van der Waals surface area contributed by atoms with Gasteiger partial charge in [-0.15, -0.1) is 10.2 Å². The number of alkyl halides is 6. The number of nitrogens with zero attached hydrogens (tertiary/aromatic N) is 5. The quantitative estimate of drug-likeness (QED) is 0.706. The molecule has 2 amide bonds. The molecule has 168 valence electrons. The highest BCUT2D eigenvalue weighted by molar-refractivity contribution is 5.78. The number of likely N-dealkylation sites (tertiary alicyclic amines) is 1. The van der Waals surface area contributed by atoms with E-state index in [0.717, 1.165) is 9.47 Å². The van der Waals surface area contributed by atoms with Crippen molar-refractivity contribution in [3.63, 3.8) is 0 Å². The summed E-state index contributed by atoms with van der Waals surface area (Å²) in [4.78, 5) is 26.6. The fourth-order valence-corrected chi connectivity index (χ4v) is 3.64. The molecule has 2 aliphatic heterocycles. The molecule has 0 saturated carbocycles. The van der Waals surface area contributed by atoms with Gasteiger partial charge in [-0.05, 0) is 6.42 Å². The van der Waals surface area contributed by atoms with Gasteiger partial charge in [0.15, 0.2) is 5.82 Å². The van der Waals surface area contributed by atoms with E-state index >= 15 is 0 Å². The minimum absolute atomic E-state index is 0.0154. The number of carbonyl (C=O) groups is 2. The van der Waals surface area contributed by atoms with E-state index in [9.17, 15) is 35.9 Å². The maximum absolute atomic E-state index is 12.9. The monoisotopic (exact) mass is 442 g/mol. The Balaban J connectivity index is 1.56. The molecule has 1 aromatic rings. The first-order valence-electron chi connectivity index (χ1n) is 9.23. The van der Waals surface area contributed by atoms with Crippen molar-refractivity contribution in [3.8, 4) is 0 Å². The van der Waals surface area contributed by atoms with Crippen LogP contribution in [-0.2, 0) is 28.9 Å². The summed E-state index contributed by atoms with van der Waals surface area (Å²) >= 11 is 0. The Bertz CT molecular complexity index is 807. The highest BCUT2D eigenvalue weighted by Gasteiger charge is 2.44. The highest BCUT2D eigenvalue weighted by atomic mass is 19.4.